The predicted octanol–water partition coefficient (Wildman–Crippen LogP) is 1.30. The summed E-state index contributed by atoms with van der Waals surface area (Å²) in [7, 11) is 0. The Morgan fingerprint density at radius 2 is 1.92 bits per heavy atom. The zero-order chi connectivity index (χ0) is 9.56. The van der Waals surface area contributed by atoms with Gasteiger partial charge in [0, 0.05) is 6.61 Å². The van der Waals surface area contributed by atoms with Gasteiger partial charge < -0.3 is 14.2 Å². The normalized spacial score (nSPS) is 15.2. The molecule has 5 nitrogen and oxygen atoms in total. The summed E-state index contributed by atoms with van der Waals surface area (Å²) in [5.74, 6) is 0. The van der Waals surface area contributed by atoms with Crippen molar-refractivity contribution in [3.05, 3.63) is 0 Å². The lowest BCUT2D eigenvalue weighted by Crippen LogP contribution is -2.23. The average molecular weight is 177 g/mol. The molecule has 0 aromatic carbocycles. The Balaban J connectivity index is 3.53. The molecule has 0 saturated heterocycles. The summed E-state index contributed by atoms with van der Waals surface area (Å²) >= 11 is 0. The lowest BCUT2D eigenvalue weighted by Gasteiger charge is -2.16. The summed E-state index contributed by atoms with van der Waals surface area (Å²) in [4.78, 5) is 9.89. The Labute approximate surface area is 71.2 Å². The van der Waals surface area contributed by atoms with Crippen LogP contribution in [0, 0.1) is 0 Å². The smallest absolute Gasteiger partial charge is 0.402 e. The molecule has 0 fully saturated rings. The van der Waals surface area contributed by atoms with Crippen molar-refractivity contribution >= 4 is 6.16 Å². The minimum atomic E-state index is -1.61. The first-order valence-electron chi connectivity index (χ1n) is 3.71. The highest BCUT2D eigenvalue weighted by atomic mass is 16.8. The Kier molecular flexibility index (Phi) is 5.40. The first-order chi connectivity index (χ1) is 5.56. The summed E-state index contributed by atoms with van der Waals surface area (Å²) in [5, 5.41) is 9.89. The van der Waals surface area contributed by atoms with E-state index >= 15 is 0 Å². The van der Waals surface area contributed by atoms with Crippen molar-refractivity contribution in [2.24, 2.45) is 0 Å². The van der Waals surface area contributed by atoms with E-state index in [1.165, 1.54) is 6.92 Å². The van der Waals surface area contributed by atoms with E-state index < -0.39 is 18.7 Å². The van der Waals surface area contributed by atoms with Gasteiger partial charge in [0.2, 0.25) is 6.29 Å². The lowest BCUT2D eigenvalue weighted by atomic mass is 10.7. The van der Waals surface area contributed by atoms with Crippen molar-refractivity contribution in [1.29, 1.82) is 0 Å². The SMILES string of the molecule is CCOC(C)OC(C)OC([O])=O. The number of ether oxygens (including phenoxy) is 3. The molecule has 0 heterocycles. The zero-order valence-electron chi connectivity index (χ0n) is 7.40. The third-order valence-electron chi connectivity index (χ3n) is 1.05. The number of carbonyl (C=O) groups is 1. The maximum atomic E-state index is 9.89. The molecule has 0 bridgehead atoms. The molecule has 2 atom stereocenters. The van der Waals surface area contributed by atoms with Crippen molar-refractivity contribution in [1.82, 2.24) is 0 Å². The Morgan fingerprint density at radius 1 is 1.33 bits per heavy atom. The van der Waals surface area contributed by atoms with E-state index in [0.717, 1.165) is 0 Å². The molecule has 0 N–H and O–H groups in total. The largest absolute Gasteiger partial charge is 0.552 e. The molecule has 12 heavy (non-hydrogen) atoms. The van der Waals surface area contributed by atoms with E-state index in [9.17, 15) is 9.90 Å². The van der Waals surface area contributed by atoms with Crippen LogP contribution in [-0.4, -0.2) is 25.3 Å². The van der Waals surface area contributed by atoms with Crippen LogP contribution in [0.25, 0.3) is 0 Å². The van der Waals surface area contributed by atoms with Crippen molar-refractivity contribution < 1.29 is 24.1 Å². The fourth-order valence-electron chi connectivity index (χ4n) is 0.707. The van der Waals surface area contributed by atoms with E-state index in [-0.39, 0.29) is 0 Å². The Hall–Kier alpha value is -0.810. The molecule has 0 aliphatic rings. The van der Waals surface area contributed by atoms with Crippen LogP contribution in [0.3, 0.4) is 0 Å². The highest BCUT2D eigenvalue weighted by Gasteiger charge is 2.12. The molecule has 2 unspecified atom stereocenters. The van der Waals surface area contributed by atoms with Crippen LogP contribution >= 0.6 is 0 Å². The first kappa shape index (κ1) is 11.2. The predicted molar refractivity (Wildman–Crippen MR) is 38.8 cm³/mol. The number of carbonyl (C=O) groups excluding carboxylic acids is 1. The van der Waals surface area contributed by atoms with Crippen LogP contribution in [0.4, 0.5) is 4.79 Å². The summed E-state index contributed by atoms with van der Waals surface area (Å²) in [6.07, 6.45) is -2.95. The molecule has 0 aromatic heterocycles. The molecule has 5 heteroatoms. The summed E-state index contributed by atoms with van der Waals surface area (Å²) in [5.41, 5.74) is 0. The van der Waals surface area contributed by atoms with Gasteiger partial charge in [-0.2, -0.15) is 9.90 Å². The van der Waals surface area contributed by atoms with Gasteiger partial charge in [-0.05, 0) is 20.8 Å². The third-order valence-corrected chi connectivity index (χ3v) is 1.05. The third kappa shape index (κ3) is 5.94. The van der Waals surface area contributed by atoms with Crippen molar-refractivity contribution in [2.75, 3.05) is 6.61 Å². The highest BCUT2D eigenvalue weighted by Crippen LogP contribution is 2.01. The van der Waals surface area contributed by atoms with E-state index in [1.807, 2.05) is 6.92 Å². The first-order valence-corrected chi connectivity index (χ1v) is 3.71. The maximum absolute atomic E-state index is 9.89. The molecule has 0 aromatic rings. The minimum Gasteiger partial charge on any atom is -0.402 e. The molecule has 0 amide bonds. The minimum absolute atomic E-state index is 0.482. The summed E-state index contributed by atoms with van der Waals surface area (Å²) < 4.78 is 14.1. The van der Waals surface area contributed by atoms with Crippen LogP contribution in [0.15, 0.2) is 0 Å². The van der Waals surface area contributed by atoms with Crippen LogP contribution in [0.5, 0.6) is 0 Å². The Bertz CT molecular complexity index is 136. The van der Waals surface area contributed by atoms with E-state index in [4.69, 9.17) is 9.47 Å². The van der Waals surface area contributed by atoms with Gasteiger partial charge in [0.1, 0.15) is 0 Å². The van der Waals surface area contributed by atoms with Gasteiger partial charge in [-0.25, -0.2) is 0 Å². The van der Waals surface area contributed by atoms with Gasteiger partial charge in [-0.3, -0.25) is 0 Å². The van der Waals surface area contributed by atoms with Crippen LogP contribution in [-0.2, 0) is 19.3 Å². The second-order valence-electron chi connectivity index (χ2n) is 2.09. The summed E-state index contributed by atoms with van der Waals surface area (Å²) in [6, 6.07) is 0. The van der Waals surface area contributed by atoms with Crippen molar-refractivity contribution in [2.45, 2.75) is 33.4 Å². The molecule has 71 valence electrons. The van der Waals surface area contributed by atoms with E-state index in [0.29, 0.717) is 6.61 Å². The molecule has 0 spiro atoms. The molecule has 0 saturated carbocycles. The van der Waals surface area contributed by atoms with E-state index in [1.54, 1.807) is 6.92 Å². The standard InChI is InChI=1S/C7H13O5/c1-4-10-5(2)11-6(3)12-7(8)9/h5-6H,4H2,1-3H3. The molecule has 0 aliphatic carbocycles. The lowest BCUT2D eigenvalue weighted by molar-refractivity contribution is -0.216. The molecule has 0 rings (SSSR count). The van der Waals surface area contributed by atoms with Gasteiger partial charge >= 0.3 is 6.16 Å². The van der Waals surface area contributed by atoms with Gasteiger partial charge in [0.25, 0.3) is 0 Å². The second kappa shape index (κ2) is 5.79. The van der Waals surface area contributed by atoms with Gasteiger partial charge in [0.05, 0.1) is 0 Å². The van der Waals surface area contributed by atoms with E-state index in [2.05, 4.69) is 4.74 Å². The van der Waals surface area contributed by atoms with Crippen LogP contribution in [0.2, 0.25) is 0 Å². The van der Waals surface area contributed by atoms with Crippen LogP contribution < -0.4 is 0 Å². The van der Waals surface area contributed by atoms with Crippen molar-refractivity contribution in [3.8, 4) is 0 Å². The van der Waals surface area contributed by atoms with Crippen molar-refractivity contribution in [3.63, 3.8) is 0 Å². The van der Waals surface area contributed by atoms with Gasteiger partial charge in [-0.15, -0.1) is 0 Å². The highest BCUT2D eigenvalue weighted by molar-refractivity contribution is 5.56. The van der Waals surface area contributed by atoms with Gasteiger partial charge in [0.15, 0.2) is 6.29 Å². The number of rotatable bonds is 5. The number of hydrogen-bond acceptors (Lipinski definition) is 4. The fourth-order valence-corrected chi connectivity index (χ4v) is 0.707. The topological polar surface area (TPSA) is 64.7 Å². The Morgan fingerprint density at radius 3 is 2.33 bits per heavy atom. The fraction of sp³-hybridized carbons (Fsp3) is 0.857. The molecule has 0 aliphatic heterocycles. The van der Waals surface area contributed by atoms with Crippen LogP contribution in [0.1, 0.15) is 20.8 Å². The molecule has 1 radical (unpaired) electrons. The zero-order valence-corrected chi connectivity index (χ0v) is 7.40. The summed E-state index contributed by atoms with van der Waals surface area (Å²) in [6.45, 7) is 5.41. The second-order valence-corrected chi connectivity index (χ2v) is 2.09. The number of hydrogen-bond donors (Lipinski definition) is 0. The molecular formula is C7H13O5. The monoisotopic (exact) mass is 177 g/mol. The average Bonchev–Trinajstić information content (AvgIpc) is 1.84. The van der Waals surface area contributed by atoms with Gasteiger partial charge in [-0.1, -0.05) is 0 Å². The maximum Gasteiger partial charge on any atom is 0.552 e. The quantitative estimate of drug-likeness (QED) is 0.469. The molecular weight excluding hydrogens is 164 g/mol.